The number of anilines is 1. The van der Waals surface area contributed by atoms with Gasteiger partial charge in [0.25, 0.3) is 0 Å². The molecule has 1 heterocycles. The summed E-state index contributed by atoms with van der Waals surface area (Å²) in [5, 5.41) is 11.6. The van der Waals surface area contributed by atoms with Gasteiger partial charge in [-0.2, -0.15) is 0 Å². The molecule has 1 fully saturated rings. The number of halogens is 1. The maximum Gasteiger partial charge on any atom is 0.175 e. The van der Waals surface area contributed by atoms with Gasteiger partial charge in [-0.3, -0.25) is 0 Å². The minimum atomic E-state index is -0.493. The van der Waals surface area contributed by atoms with Crippen LogP contribution in [0, 0.1) is 5.82 Å². The molecule has 0 amide bonds. The molecule has 0 aliphatic carbocycles. The average Bonchev–Trinajstić information content (AvgIpc) is 2.66. The van der Waals surface area contributed by atoms with Crippen LogP contribution in [0.3, 0.4) is 0 Å². The molecular formula is C12H16FN3O2. The number of hydrogen-bond donors (Lipinski definition) is 2. The van der Waals surface area contributed by atoms with Crippen molar-refractivity contribution in [2.75, 3.05) is 31.2 Å². The van der Waals surface area contributed by atoms with E-state index < -0.39 is 5.82 Å². The van der Waals surface area contributed by atoms with Gasteiger partial charge in [-0.05, 0) is 18.6 Å². The van der Waals surface area contributed by atoms with E-state index in [9.17, 15) is 4.39 Å². The molecule has 0 bridgehead atoms. The molecule has 2 rings (SSSR count). The van der Waals surface area contributed by atoms with E-state index in [0.29, 0.717) is 25.4 Å². The van der Waals surface area contributed by atoms with Gasteiger partial charge in [0.2, 0.25) is 0 Å². The summed E-state index contributed by atoms with van der Waals surface area (Å²) in [5.74, 6) is -0.707. The first kappa shape index (κ1) is 12.6. The van der Waals surface area contributed by atoms with Crippen LogP contribution in [-0.2, 0) is 4.74 Å². The van der Waals surface area contributed by atoms with Crippen LogP contribution < -0.4 is 10.6 Å². The average molecular weight is 253 g/mol. The minimum Gasteiger partial charge on any atom is -0.409 e. The zero-order valence-corrected chi connectivity index (χ0v) is 9.97. The highest BCUT2D eigenvalue weighted by Crippen LogP contribution is 2.24. The van der Waals surface area contributed by atoms with Gasteiger partial charge in [-0.15, -0.1) is 0 Å². The molecule has 1 saturated heterocycles. The first-order valence-electron chi connectivity index (χ1n) is 5.83. The predicted molar refractivity (Wildman–Crippen MR) is 66.6 cm³/mol. The number of ether oxygens (including phenoxy) is 1. The molecule has 5 nitrogen and oxygen atoms in total. The Kier molecular flexibility index (Phi) is 3.99. The van der Waals surface area contributed by atoms with Crippen molar-refractivity contribution in [2.45, 2.75) is 6.42 Å². The number of nitrogens with two attached hydrogens (primary N) is 1. The van der Waals surface area contributed by atoms with Gasteiger partial charge >= 0.3 is 0 Å². The van der Waals surface area contributed by atoms with Crippen molar-refractivity contribution in [1.29, 1.82) is 0 Å². The molecule has 1 aromatic rings. The fourth-order valence-corrected chi connectivity index (χ4v) is 2.07. The minimum absolute atomic E-state index is 0.141. The van der Waals surface area contributed by atoms with Gasteiger partial charge in [0, 0.05) is 19.7 Å². The molecule has 1 aliphatic rings. The molecule has 3 N–H and O–H groups in total. The highest BCUT2D eigenvalue weighted by Gasteiger charge is 2.19. The fourth-order valence-electron chi connectivity index (χ4n) is 2.07. The van der Waals surface area contributed by atoms with Gasteiger partial charge in [0.15, 0.2) is 5.84 Å². The quantitative estimate of drug-likeness (QED) is 0.359. The van der Waals surface area contributed by atoms with Crippen LogP contribution in [0.25, 0.3) is 0 Å². The lowest BCUT2D eigenvalue weighted by molar-refractivity contribution is 0.152. The monoisotopic (exact) mass is 253 g/mol. The zero-order valence-electron chi connectivity index (χ0n) is 9.97. The molecule has 98 valence electrons. The van der Waals surface area contributed by atoms with Crippen LogP contribution in [0.1, 0.15) is 12.0 Å². The molecule has 0 spiro atoms. The third kappa shape index (κ3) is 2.53. The first-order valence-corrected chi connectivity index (χ1v) is 5.83. The highest BCUT2D eigenvalue weighted by molar-refractivity contribution is 6.02. The lowest BCUT2D eigenvalue weighted by Crippen LogP contribution is -2.29. The van der Waals surface area contributed by atoms with E-state index in [1.54, 1.807) is 12.1 Å². The summed E-state index contributed by atoms with van der Waals surface area (Å²) in [7, 11) is 0. The van der Waals surface area contributed by atoms with E-state index in [0.717, 1.165) is 13.0 Å². The van der Waals surface area contributed by atoms with Gasteiger partial charge in [-0.25, -0.2) is 4.39 Å². The molecule has 0 unspecified atom stereocenters. The van der Waals surface area contributed by atoms with Gasteiger partial charge < -0.3 is 20.6 Å². The Morgan fingerprint density at radius 2 is 2.22 bits per heavy atom. The summed E-state index contributed by atoms with van der Waals surface area (Å²) >= 11 is 0. The topological polar surface area (TPSA) is 71.1 Å². The summed E-state index contributed by atoms with van der Waals surface area (Å²) in [6, 6.07) is 4.68. The predicted octanol–water partition coefficient (Wildman–Crippen LogP) is 1.15. The molecule has 0 radical (unpaired) electrons. The highest BCUT2D eigenvalue weighted by atomic mass is 19.1. The summed E-state index contributed by atoms with van der Waals surface area (Å²) in [6.45, 7) is 2.71. The summed E-state index contributed by atoms with van der Waals surface area (Å²) in [6.07, 6.45) is 0.867. The Bertz CT molecular complexity index is 443. The van der Waals surface area contributed by atoms with Crippen molar-refractivity contribution in [2.24, 2.45) is 10.9 Å². The van der Waals surface area contributed by atoms with Crippen LogP contribution >= 0.6 is 0 Å². The van der Waals surface area contributed by atoms with Crippen molar-refractivity contribution < 1.29 is 14.3 Å². The lowest BCUT2D eigenvalue weighted by Gasteiger charge is -2.24. The molecule has 1 aliphatic heterocycles. The second-order valence-electron chi connectivity index (χ2n) is 4.07. The molecule has 0 atom stereocenters. The molecular weight excluding hydrogens is 237 g/mol. The number of oxime groups is 1. The van der Waals surface area contributed by atoms with Gasteiger partial charge in [-0.1, -0.05) is 11.2 Å². The number of hydrogen-bond acceptors (Lipinski definition) is 4. The van der Waals surface area contributed by atoms with Crippen molar-refractivity contribution in [3.8, 4) is 0 Å². The third-order valence-corrected chi connectivity index (χ3v) is 2.92. The maximum atomic E-state index is 13.8. The summed E-state index contributed by atoms with van der Waals surface area (Å²) in [5.41, 5.74) is 6.32. The van der Waals surface area contributed by atoms with E-state index in [1.165, 1.54) is 6.07 Å². The molecule has 0 saturated carbocycles. The van der Waals surface area contributed by atoms with Gasteiger partial charge in [0.1, 0.15) is 5.82 Å². The van der Waals surface area contributed by atoms with Crippen molar-refractivity contribution in [3.63, 3.8) is 0 Å². The van der Waals surface area contributed by atoms with Crippen LogP contribution in [0.2, 0.25) is 0 Å². The van der Waals surface area contributed by atoms with Crippen LogP contribution in [0.4, 0.5) is 10.1 Å². The van der Waals surface area contributed by atoms with Crippen molar-refractivity contribution in [3.05, 3.63) is 29.6 Å². The fraction of sp³-hybridized carbons (Fsp3) is 0.417. The number of benzene rings is 1. The summed E-state index contributed by atoms with van der Waals surface area (Å²) < 4.78 is 19.2. The zero-order chi connectivity index (χ0) is 13.0. The Morgan fingerprint density at radius 3 is 3.00 bits per heavy atom. The van der Waals surface area contributed by atoms with Crippen LogP contribution in [-0.4, -0.2) is 37.3 Å². The molecule has 0 aromatic heterocycles. The van der Waals surface area contributed by atoms with E-state index >= 15 is 0 Å². The van der Waals surface area contributed by atoms with E-state index in [2.05, 4.69) is 5.16 Å². The summed E-state index contributed by atoms with van der Waals surface area (Å²) in [4.78, 5) is 1.99. The maximum absolute atomic E-state index is 13.8. The third-order valence-electron chi connectivity index (χ3n) is 2.92. The Balaban J connectivity index is 2.39. The normalized spacial score (nSPS) is 17.6. The van der Waals surface area contributed by atoms with Crippen LogP contribution in [0.5, 0.6) is 0 Å². The molecule has 18 heavy (non-hydrogen) atoms. The Morgan fingerprint density at radius 1 is 1.39 bits per heavy atom. The Hall–Kier alpha value is -1.82. The van der Waals surface area contributed by atoms with E-state index in [-0.39, 0.29) is 11.4 Å². The molecule has 1 aromatic carbocycles. The van der Waals surface area contributed by atoms with Gasteiger partial charge in [0.05, 0.1) is 17.9 Å². The largest absolute Gasteiger partial charge is 0.409 e. The standard InChI is InChI=1S/C12H16FN3O2/c13-9-3-1-4-10(11(9)12(14)15-17)16-5-2-7-18-8-6-16/h1,3-4,17H,2,5-8H2,(H2,14,15). The number of rotatable bonds is 2. The lowest BCUT2D eigenvalue weighted by atomic mass is 10.1. The number of nitrogens with zero attached hydrogens (tertiary/aromatic N) is 2. The molecule has 6 heteroatoms. The van der Waals surface area contributed by atoms with E-state index in [1.807, 2.05) is 4.90 Å². The smallest absolute Gasteiger partial charge is 0.175 e. The number of amidine groups is 1. The Labute approximate surface area is 105 Å². The van der Waals surface area contributed by atoms with Crippen molar-refractivity contribution >= 4 is 11.5 Å². The SMILES string of the molecule is NC(=NO)c1c(F)cccc1N1CCCOCC1. The van der Waals surface area contributed by atoms with Crippen LogP contribution in [0.15, 0.2) is 23.4 Å². The second kappa shape index (κ2) is 5.68. The van der Waals surface area contributed by atoms with Crippen molar-refractivity contribution in [1.82, 2.24) is 0 Å². The first-order chi connectivity index (χ1) is 8.74. The van der Waals surface area contributed by atoms with E-state index in [4.69, 9.17) is 15.7 Å². The second-order valence-corrected chi connectivity index (χ2v) is 4.07.